The Labute approximate surface area is 190 Å². The molecule has 2 aliphatic heterocycles. The molecule has 1 saturated heterocycles. The second-order valence-electron chi connectivity index (χ2n) is 8.49. The molecule has 2 atom stereocenters. The summed E-state index contributed by atoms with van der Waals surface area (Å²) in [5.74, 6) is -5.00. The Morgan fingerprint density at radius 3 is 2.55 bits per heavy atom. The van der Waals surface area contributed by atoms with E-state index in [9.17, 15) is 23.1 Å². The highest BCUT2D eigenvalue weighted by Crippen LogP contribution is 2.33. The molecule has 2 N–H and O–H groups in total. The molecule has 2 heterocycles. The molecule has 5 nitrogen and oxygen atoms in total. The third kappa shape index (κ3) is 5.07. The molecular formula is C25H27F3N2O3. The van der Waals surface area contributed by atoms with Crippen LogP contribution in [0, 0.1) is 17.5 Å². The molecule has 8 heteroatoms. The normalized spacial score (nSPS) is 20.7. The van der Waals surface area contributed by atoms with Crippen molar-refractivity contribution in [2.75, 3.05) is 26.2 Å². The number of fused-ring (bicyclic) bond motifs is 2. The van der Waals surface area contributed by atoms with E-state index in [0.717, 1.165) is 41.9 Å². The number of halogens is 3. The number of aliphatic carboxylic acids is 1. The summed E-state index contributed by atoms with van der Waals surface area (Å²) in [4.78, 5) is 14.3. The largest absolute Gasteiger partial charge is 0.488 e. The monoisotopic (exact) mass is 460 g/mol. The van der Waals surface area contributed by atoms with Gasteiger partial charge in [-0.3, -0.25) is 0 Å². The van der Waals surface area contributed by atoms with E-state index in [0.29, 0.717) is 31.4 Å². The van der Waals surface area contributed by atoms with Crippen molar-refractivity contribution in [1.82, 2.24) is 10.2 Å². The fourth-order valence-electron chi connectivity index (χ4n) is 4.67. The topological polar surface area (TPSA) is 61.8 Å². The van der Waals surface area contributed by atoms with Gasteiger partial charge in [-0.25, -0.2) is 13.6 Å². The number of likely N-dealkylation sites (N-methyl/N-ethyl adjacent to an activating group) is 1. The number of ether oxygens (including phenoxy) is 1. The van der Waals surface area contributed by atoms with Gasteiger partial charge in [-0.15, -0.1) is 0 Å². The lowest BCUT2D eigenvalue weighted by Gasteiger charge is -2.43. The Bertz CT molecular complexity index is 1060. The SMILES string of the molecule is CCN1CC2CC(c3ccc(CCCOc4c(F)ccc(F)c4F)cc3)=C(C(=O)O)C(C1)N2. The Balaban J connectivity index is 1.41. The third-order valence-corrected chi connectivity index (χ3v) is 6.32. The average Bonchev–Trinajstić information content (AvgIpc) is 2.80. The minimum absolute atomic E-state index is 0.0380. The van der Waals surface area contributed by atoms with Crippen LogP contribution in [0.1, 0.15) is 30.9 Å². The number of nitrogens with one attached hydrogen (secondary N) is 1. The van der Waals surface area contributed by atoms with E-state index in [1.54, 1.807) is 0 Å². The Kier molecular flexibility index (Phi) is 7.05. The van der Waals surface area contributed by atoms with Crippen molar-refractivity contribution in [1.29, 1.82) is 0 Å². The van der Waals surface area contributed by atoms with E-state index in [-0.39, 0.29) is 18.7 Å². The minimum Gasteiger partial charge on any atom is -0.488 e. The van der Waals surface area contributed by atoms with Crippen LogP contribution in [-0.2, 0) is 11.2 Å². The molecule has 1 fully saturated rings. The van der Waals surface area contributed by atoms with E-state index in [1.807, 2.05) is 24.3 Å². The molecule has 0 amide bonds. The summed E-state index contributed by atoms with van der Waals surface area (Å²) in [6, 6.07) is 9.31. The van der Waals surface area contributed by atoms with Gasteiger partial charge in [0.2, 0.25) is 5.82 Å². The van der Waals surface area contributed by atoms with Crippen molar-refractivity contribution in [3.8, 4) is 5.75 Å². The summed E-state index contributed by atoms with van der Waals surface area (Å²) >= 11 is 0. The molecule has 2 aromatic carbocycles. The minimum atomic E-state index is -1.32. The lowest BCUT2D eigenvalue weighted by Crippen LogP contribution is -2.60. The highest BCUT2D eigenvalue weighted by atomic mass is 19.2. The highest BCUT2D eigenvalue weighted by molar-refractivity contribution is 5.98. The van der Waals surface area contributed by atoms with Gasteiger partial charge in [0.15, 0.2) is 17.4 Å². The zero-order chi connectivity index (χ0) is 23.5. The van der Waals surface area contributed by atoms with Crippen molar-refractivity contribution in [2.45, 2.75) is 38.3 Å². The van der Waals surface area contributed by atoms with E-state index >= 15 is 0 Å². The quantitative estimate of drug-likeness (QED) is 0.460. The van der Waals surface area contributed by atoms with Gasteiger partial charge in [-0.2, -0.15) is 4.39 Å². The molecule has 0 aromatic heterocycles. The maximum atomic E-state index is 13.7. The highest BCUT2D eigenvalue weighted by Gasteiger charge is 2.37. The Hall–Kier alpha value is -2.84. The molecule has 0 radical (unpaired) electrons. The van der Waals surface area contributed by atoms with E-state index in [4.69, 9.17) is 4.74 Å². The number of nitrogens with zero attached hydrogens (tertiary/aromatic N) is 1. The number of piperazine rings is 1. The molecule has 0 saturated carbocycles. The number of aryl methyl sites for hydroxylation is 1. The predicted molar refractivity (Wildman–Crippen MR) is 119 cm³/mol. The van der Waals surface area contributed by atoms with Crippen molar-refractivity contribution in [3.05, 3.63) is 70.5 Å². The number of benzene rings is 2. The Morgan fingerprint density at radius 1 is 1.12 bits per heavy atom. The molecule has 2 aliphatic rings. The van der Waals surface area contributed by atoms with Gasteiger partial charge >= 0.3 is 5.97 Å². The zero-order valence-electron chi connectivity index (χ0n) is 18.4. The van der Waals surface area contributed by atoms with Crippen molar-refractivity contribution in [2.24, 2.45) is 0 Å². The number of hydrogen-bond donors (Lipinski definition) is 2. The summed E-state index contributed by atoms with van der Waals surface area (Å²) in [7, 11) is 0. The van der Waals surface area contributed by atoms with Gasteiger partial charge in [0, 0.05) is 19.1 Å². The van der Waals surface area contributed by atoms with Gasteiger partial charge < -0.3 is 20.1 Å². The number of rotatable bonds is 8. The molecule has 2 bridgehead atoms. The second kappa shape index (κ2) is 9.97. The van der Waals surface area contributed by atoms with Crippen LogP contribution >= 0.6 is 0 Å². The maximum Gasteiger partial charge on any atom is 0.333 e. The van der Waals surface area contributed by atoms with Crippen molar-refractivity contribution >= 4 is 11.5 Å². The summed E-state index contributed by atoms with van der Waals surface area (Å²) in [6.07, 6.45) is 1.74. The first kappa shape index (κ1) is 23.3. The first-order valence-corrected chi connectivity index (χ1v) is 11.2. The molecule has 4 rings (SSSR count). The fraction of sp³-hybridized carbons (Fsp3) is 0.400. The van der Waals surface area contributed by atoms with Crippen molar-refractivity contribution < 1.29 is 27.8 Å². The smallest absolute Gasteiger partial charge is 0.333 e. The summed E-state index contributed by atoms with van der Waals surface area (Å²) in [5, 5.41) is 13.3. The second-order valence-corrected chi connectivity index (χ2v) is 8.49. The summed E-state index contributed by atoms with van der Waals surface area (Å²) in [6.45, 7) is 4.60. The third-order valence-electron chi connectivity index (χ3n) is 6.32. The van der Waals surface area contributed by atoms with E-state index < -0.39 is 29.2 Å². The number of carbonyl (C=O) groups is 1. The zero-order valence-corrected chi connectivity index (χ0v) is 18.4. The molecule has 0 aliphatic carbocycles. The average molecular weight is 460 g/mol. The molecule has 2 unspecified atom stereocenters. The number of carboxylic acid groups (broad SMARTS) is 1. The Morgan fingerprint density at radius 2 is 1.85 bits per heavy atom. The van der Waals surface area contributed by atoms with Crippen LogP contribution in [0.5, 0.6) is 5.75 Å². The van der Waals surface area contributed by atoms with E-state index in [1.165, 1.54) is 0 Å². The molecule has 33 heavy (non-hydrogen) atoms. The first-order chi connectivity index (χ1) is 15.9. The molecular weight excluding hydrogens is 433 g/mol. The van der Waals surface area contributed by atoms with Crippen LogP contribution in [-0.4, -0.2) is 54.3 Å². The fourth-order valence-corrected chi connectivity index (χ4v) is 4.67. The van der Waals surface area contributed by atoms with Crippen LogP contribution in [0.25, 0.3) is 5.57 Å². The van der Waals surface area contributed by atoms with Crippen LogP contribution in [0.15, 0.2) is 42.0 Å². The molecule has 176 valence electrons. The van der Waals surface area contributed by atoms with Gasteiger partial charge in [0.1, 0.15) is 0 Å². The first-order valence-electron chi connectivity index (χ1n) is 11.2. The molecule has 2 aromatic rings. The van der Waals surface area contributed by atoms with E-state index in [2.05, 4.69) is 17.1 Å². The number of carboxylic acids is 1. The van der Waals surface area contributed by atoms with Crippen molar-refractivity contribution in [3.63, 3.8) is 0 Å². The lowest BCUT2D eigenvalue weighted by atomic mass is 9.83. The van der Waals surface area contributed by atoms with Gasteiger partial charge in [0.05, 0.1) is 18.2 Å². The summed E-state index contributed by atoms with van der Waals surface area (Å²) < 4.78 is 45.6. The van der Waals surface area contributed by atoms with Crippen LogP contribution in [0.2, 0.25) is 0 Å². The number of hydrogen-bond acceptors (Lipinski definition) is 4. The molecule has 0 spiro atoms. The van der Waals surface area contributed by atoms with Crippen LogP contribution < -0.4 is 10.1 Å². The predicted octanol–water partition coefficient (Wildman–Crippen LogP) is 4.02. The van der Waals surface area contributed by atoms with Gasteiger partial charge in [-0.1, -0.05) is 31.2 Å². The summed E-state index contributed by atoms with van der Waals surface area (Å²) in [5.41, 5.74) is 3.20. The lowest BCUT2D eigenvalue weighted by molar-refractivity contribution is -0.133. The maximum absolute atomic E-state index is 13.7. The van der Waals surface area contributed by atoms with Gasteiger partial charge in [0.25, 0.3) is 0 Å². The standard InChI is InChI=1S/C25H27F3N2O3/c1-2-30-13-17-12-18(22(25(31)32)21(14-30)29-17)16-7-5-15(6-8-16)4-3-11-33-24-20(27)10-9-19(26)23(24)28/h5-10,17,21,29H,2-4,11-14H2,1H3,(H,31,32). The van der Waals surface area contributed by atoms with Crippen LogP contribution in [0.3, 0.4) is 0 Å². The van der Waals surface area contributed by atoms with Crippen LogP contribution in [0.4, 0.5) is 13.2 Å². The van der Waals surface area contributed by atoms with Gasteiger partial charge in [-0.05, 0) is 54.6 Å².